The average Bonchev–Trinajstić information content (AvgIpc) is 3.03. The number of carbonyl (C=O) groups excluding carboxylic acids is 1. The number of thiazole rings is 1. The van der Waals surface area contributed by atoms with E-state index in [1.165, 1.54) is 0 Å². The zero-order valence-electron chi connectivity index (χ0n) is 13.9. The number of hydrogen-bond donors (Lipinski definition) is 1. The Morgan fingerprint density at radius 1 is 1.08 bits per heavy atom. The predicted octanol–water partition coefficient (Wildman–Crippen LogP) is 5.07. The third kappa shape index (κ3) is 3.54. The van der Waals surface area contributed by atoms with E-state index in [4.69, 9.17) is 0 Å². The lowest BCUT2D eigenvalue weighted by molar-refractivity contribution is -0.111. The quantitative estimate of drug-likeness (QED) is 0.661. The molecule has 0 aliphatic carbocycles. The summed E-state index contributed by atoms with van der Waals surface area (Å²) >= 11 is 1.58. The Morgan fingerprint density at radius 2 is 1.79 bits per heavy atom. The molecule has 24 heavy (non-hydrogen) atoms. The van der Waals surface area contributed by atoms with Crippen molar-refractivity contribution in [2.24, 2.45) is 0 Å². The molecule has 0 atom stereocenters. The van der Waals surface area contributed by atoms with Gasteiger partial charge in [0.05, 0.1) is 10.2 Å². The van der Waals surface area contributed by atoms with E-state index in [9.17, 15) is 4.79 Å². The van der Waals surface area contributed by atoms with Crippen LogP contribution in [0.1, 0.15) is 30.0 Å². The summed E-state index contributed by atoms with van der Waals surface area (Å²) < 4.78 is 1.13. The van der Waals surface area contributed by atoms with Gasteiger partial charge in [0.2, 0.25) is 5.91 Å². The third-order valence-corrected chi connectivity index (χ3v) is 4.94. The van der Waals surface area contributed by atoms with Crippen molar-refractivity contribution in [3.05, 3.63) is 64.7 Å². The second-order valence-corrected chi connectivity index (χ2v) is 6.56. The first-order valence-electron chi connectivity index (χ1n) is 8.16. The van der Waals surface area contributed by atoms with Gasteiger partial charge in [0, 0.05) is 11.8 Å². The van der Waals surface area contributed by atoms with Crippen LogP contribution in [0, 0.1) is 0 Å². The minimum Gasteiger partial charge on any atom is -0.322 e. The molecule has 1 N–H and O–H groups in total. The molecule has 2 aromatic carbocycles. The molecule has 1 heterocycles. The van der Waals surface area contributed by atoms with Crippen LogP contribution >= 0.6 is 11.3 Å². The molecule has 1 amide bonds. The Balaban J connectivity index is 1.78. The molecule has 1 aromatic heterocycles. The summed E-state index contributed by atoms with van der Waals surface area (Å²) in [4.78, 5) is 16.8. The molecule has 0 saturated heterocycles. The van der Waals surface area contributed by atoms with Gasteiger partial charge < -0.3 is 5.32 Å². The van der Waals surface area contributed by atoms with Crippen LogP contribution < -0.4 is 5.32 Å². The summed E-state index contributed by atoms with van der Waals surface area (Å²) in [5.74, 6) is -0.121. The standard InChI is InChI=1S/C20H20N2OS/c1-3-14-8-7-9-15(4-2)20(14)22-18(23)12-13-19-21-16-10-5-6-11-17(16)24-19/h5-13H,3-4H2,1-2H3,(H,22,23)/b13-12+. The predicted molar refractivity (Wildman–Crippen MR) is 102 cm³/mol. The van der Waals surface area contributed by atoms with E-state index in [0.29, 0.717) is 0 Å². The number of benzene rings is 2. The number of nitrogens with zero attached hydrogens (tertiary/aromatic N) is 1. The van der Waals surface area contributed by atoms with Crippen LogP contribution in [-0.4, -0.2) is 10.9 Å². The van der Waals surface area contributed by atoms with Gasteiger partial charge in [-0.2, -0.15) is 0 Å². The van der Waals surface area contributed by atoms with Gasteiger partial charge in [-0.05, 0) is 42.2 Å². The van der Waals surface area contributed by atoms with Gasteiger partial charge in [-0.15, -0.1) is 11.3 Å². The minimum absolute atomic E-state index is 0.121. The molecule has 3 aromatic rings. The van der Waals surface area contributed by atoms with E-state index in [1.807, 2.05) is 30.3 Å². The second-order valence-electron chi connectivity index (χ2n) is 5.50. The fourth-order valence-corrected chi connectivity index (χ4v) is 3.55. The lowest BCUT2D eigenvalue weighted by Crippen LogP contribution is -2.11. The monoisotopic (exact) mass is 336 g/mol. The fraction of sp³-hybridized carbons (Fsp3) is 0.200. The number of aromatic nitrogens is 1. The maximum atomic E-state index is 12.3. The number of fused-ring (bicyclic) bond motifs is 1. The minimum atomic E-state index is -0.121. The molecule has 0 saturated carbocycles. The molecular weight excluding hydrogens is 316 g/mol. The van der Waals surface area contributed by atoms with Crippen molar-refractivity contribution in [3.63, 3.8) is 0 Å². The van der Waals surface area contributed by atoms with E-state index >= 15 is 0 Å². The van der Waals surface area contributed by atoms with E-state index in [1.54, 1.807) is 23.5 Å². The zero-order valence-corrected chi connectivity index (χ0v) is 14.7. The van der Waals surface area contributed by atoms with Gasteiger partial charge in [-0.25, -0.2) is 4.98 Å². The Hall–Kier alpha value is -2.46. The number of rotatable bonds is 5. The zero-order chi connectivity index (χ0) is 16.9. The summed E-state index contributed by atoms with van der Waals surface area (Å²) in [5, 5.41) is 3.87. The van der Waals surface area contributed by atoms with Crippen molar-refractivity contribution in [2.75, 3.05) is 5.32 Å². The van der Waals surface area contributed by atoms with Crippen LogP contribution in [0.25, 0.3) is 16.3 Å². The molecule has 122 valence electrons. The summed E-state index contributed by atoms with van der Waals surface area (Å²) in [6.07, 6.45) is 5.12. The molecule has 0 bridgehead atoms. The number of aryl methyl sites for hydroxylation is 2. The SMILES string of the molecule is CCc1cccc(CC)c1NC(=O)/C=C/c1nc2ccccc2s1. The van der Waals surface area contributed by atoms with Crippen molar-refractivity contribution in [1.29, 1.82) is 0 Å². The molecule has 0 radical (unpaired) electrons. The number of hydrogen-bond acceptors (Lipinski definition) is 3. The number of amides is 1. The van der Waals surface area contributed by atoms with Crippen LogP contribution in [0.15, 0.2) is 48.5 Å². The smallest absolute Gasteiger partial charge is 0.248 e. The molecule has 0 aliphatic rings. The molecule has 3 rings (SSSR count). The number of nitrogens with one attached hydrogen (secondary N) is 1. The summed E-state index contributed by atoms with van der Waals surface area (Å²) in [5.41, 5.74) is 4.24. The van der Waals surface area contributed by atoms with Gasteiger partial charge >= 0.3 is 0 Å². The highest BCUT2D eigenvalue weighted by Gasteiger charge is 2.08. The molecule has 0 unspecified atom stereocenters. The number of carbonyl (C=O) groups is 1. The van der Waals surface area contributed by atoms with Gasteiger partial charge in [0.15, 0.2) is 0 Å². The van der Waals surface area contributed by atoms with Crippen molar-refractivity contribution < 1.29 is 4.79 Å². The molecular formula is C20H20N2OS. The molecule has 0 spiro atoms. The van der Waals surface area contributed by atoms with Crippen LogP contribution in [0.2, 0.25) is 0 Å². The van der Waals surface area contributed by atoms with Gasteiger partial charge in [0.1, 0.15) is 5.01 Å². The second kappa shape index (κ2) is 7.41. The van der Waals surface area contributed by atoms with Crippen LogP contribution in [-0.2, 0) is 17.6 Å². The van der Waals surface area contributed by atoms with Crippen molar-refractivity contribution in [3.8, 4) is 0 Å². The Bertz CT molecular complexity index is 840. The summed E-state index contributed by atoms with van der Waals surface area (Å²) in [6.45, 7) is 4.20. The van der Waals surface area contributed by atoms with Crippen LogP contribution in [0.5, 0.6) is 0 Å². The topological polar surface area (TPSA) is 42.0 Å². The highest BCUT2D eigenvalue weighted by molar-refractivity contribution is 7.19. The average molecular weight is 336 g/mol. The first kappa shape index (κ1) is 16.4. The lowest BCUT2D eigenvalue weighted by atomic mass is 10.0. The van der Waals surface area contributed by atoms with Gasteiger partial charge in [-0.1, -0.05) is 44.2 Å². The van der Waals surface area contributed by atoms with E-state index < -0.39 is 0 Å². The van der Waals surface area contributed by atoms with Crippen molar-refractivity contribution in [2.45, 2.75) is 26.7 Å². The number of para-hydroxylation sites is 2. The van der Waals surface area contributed by atoms with Gasteiger partial charge in [-0.3, -0.25) is 4.79 Å². The lowest BCUT2D eigenvalue weighted by Gasteiger charge is -2.13. The maximum absolute atomic E-state index is 12.3. The fourth-order valence-electron chi connectivity index (χ4n) is 2.68. The highest BCUT2D eigenvalue weighted by atomic mass is 32.1. The van der Waals surface area contributed by atoms with Crippen molar-refractivity contribution >= 4 is 39.2 Å². The summed E-state index contributed by atoms with van der Waals surface area (Å²) in [6, 6.07) is 14.1. The summed E-state index contributed by atoms with van der Waals surface area (Å²) in [7, 11) is 0. The first-order chi connectivity index (χ1) is 11.7. The first-order valence-corrected chi connectivity index (χ1v) is 8.98. The molecule has 0 fully saturated rings. The Labute approximate surface area is 146 Å². The largest absolute Gasteiger partial charge is 0.322 e. The normalized spacial score (nSPS) is 11.2. The van der Waals surface area contributed by atoms with E-state index in [-0.39, 0.29) is 5.91 Å². The molecule has 3 nitrogen and oxygen atoms in total. The Morgan fingerprint density at radius 3 is 2.46 bits per heavy atom. The molecule has 0 aliphatic heterocycles. The van der Waals surface area contributed by atoms with Crippen LogP contribution in [0.3, 0.4) is 0 Å². The Kier molecular flexibility index (Phi) is 5.06. The highest BCUT2D eigenvalue weighted by Crippen LogP contribution is 2.24. The third-order valence-electron chi connectivity index (χ3n) is 3.93. The van der Waals surface area contributed by atoms with E-state index in [0.717, 1.165) is 44.9 Å². The number of anilines is 1. The molecule has 4 heteroatoms. The maximum Gasteiger partial charge on any atom is 0.248 e. The van der Waals surface area contributed by atoms with Crippen molar-refractivity contribution in [1.82, 2.24) is 4.98 Å². The van der Waals surface area contributed by atoms with Crippen LogP contribution in [0.4, 0.5) is 5.69 Å². The van der Waals surface area contributed by atoms with Gasteiger partial charge in [0.25, 0.3) is 0 Å². The van der Waals surface area contributed by atoms with E-state index in [2.05, 4.69) is 36.3 Å².